The van der Waals surface area contributed by atoms with Crippen LogP contribution >= 0.6 is 11.6 Å². The van der Waals surface area contributed by atoms with E-state index in [2.05, 4.69) is 14.9 Å². The zero-order valence-electron chi connectivity index (χ0n) is 8.82. The van der Waals surface area contributed by atoms with Crippen molar-refractivity contribution in [3.05, 3.63) is 18.0 Å². The Morgan fingerprint density at radius 3 is 2.60 bits per heavy atom. The Labute approximate surface area is 95.5 Å². The van der Waals surface area contributed by atoms with Crippen molar-refractivity contribution in [2.45, 2.75) is 31.6 Å². The normalized spacial score (nSPS) is 17.5. The molecule has 0 saturated carbocycles. The van der Waals surface area contributed by atoms with E-state index in [9.17, 15) is 0 Å². The molecule has 0 aromatic carbocycles. The topological polar surface area (TPSA) is 29.0 Å². The summed E-state index contributed by atoms with van der Waals surface area (Å²) in [6.45, 7) is 2.15. The van der Waals surface area contributed by atoms with Gasteiger partial charge >= 0.3 is 0 Å². The SMILES string of the molecule is ClCc1ccnc(N2CCCCCC2)n1. The number of alkyl halides is 1. The van der Waals surface area contributed by atoms with Crippen LogP contribution in [-0.2, 0) is 5.88 Å². The summed E-state index contributed by atoms with van der Waals surface area (Å²) in [5.41, 5.74) is 0.908. The van der Waals surface area contributed by atoms with Crippen molar-refractivity contribution in [3.63, 3.8) is 0 Å². The predicted molar refractivity (Wildman–Crippen MR) is 62.3 cm³/mol. The third-order valence-corrected chi connectivity index (χ3v) is 3.00. The second kappa shape index (κ2) is 5.31. The first-order valence-corrected chi connectivity index (χ1v) is 6.06. The fraction of sp³-hybridized carbons (Fsp3) is 0.636. The van der Waals surface area contributed by atoms with Crippen LogP contribution in [0.4, 0.5) is 5.95 Å². The molecule has 15 heavy (non-hydrogen) atoms. The van der Waals surface area contributed by atoms with Gasteiger partial charge in [0.25, 0.3) is 0 Å². The van der Waals surface area contributed by atoms with Crippen LogP contribution in [-0.4, -0.2) is 23.1 Å². The van der Waals surface area contributed by atoms with Crippen molar-refractivity contribution in [2.75, 3.05) is 18.0 Å². The summed E-state index contributed by atoms with van der Waals surface area (Å²) in [4.78, 5) is 11.0. The van der Waals surface area contributed by atoms with Gasteiger partial charge < -0.3 is 4.90 Å². The van der Waals surface area contributed by atoms with Crippen LogP contribution in [0, 0.1) is 0 Å². The number of nitrogens with zero attached hydrogens (tertiary/aromatic N) is 3. The lowest BCUT2D eigenvalue weighted by Crippen LogP contribution is -2.26. The average molecular weight is 226 g/mol. The highest BCUT2D eigenvalue weighted by molar-refractivity contribution is 6.16. The molecular weight excluding hydrogens is 210 g/mol. The van der Waals surface area contributed by atoms with Gasteiger partial charge in [0.05, 0.1) is 11.6 Å². The summed E-state index contributed by atoms with van der Waals surface area (Å²) in [5.74, 6) is 1.30. The smallest absolute Gasteiger partial charge is 0.225 e. The van der Waals surface area contributed by atoms with Crippen molar-refractivity contribution in [2.24, 2.45) is 0 Å². The molecule has 2 rings (SSSR count). The van der Waals surface area contributed by atoms with Gasteiger partial charge in [0, 0.05) is 19.3 Å². The lowest BCUT2D eigenvalue weighted by molar-refractivity contribution is 0.726. The van der Waals surface area contributed by atoms with E-state index >= 15 is 0 Å². The molecule has 0 radical (unpaired) electrons. The molecule has 3 nitrogen and oxygen atoms in total. The molecule has 1 fully saturated rings. The maximum atomic E-state index is 5.76. The van der Waals surface area contributed by atoms with Gasteiger partial charge in [-0.1, -0.05) is 12.8 Å². The van der Waals surface area contributed by atoms with Gasteiger partial charge in [-0.3, -0.25) is 0 Å². The lowest BCUT2D eigenvalue weighted by Gasteiger charge is -2.20. The van der Waals surface area contributed by atoms with Crippen LogP contribution in [0.2, 0.25) is 0 Å². The summed E-state index contributed by atoms with van der Waals surface area (Å²) < 4.78 is 0. The first kappa shape index (κ1) is 10.7. The van der Waals surface area contributed by atoms with E-state index < -0.39 is 0 Å². The molecule has 1 aliphatic rings. The lowest BCUT2D eigenvalue weighted by atomic mass is 10.2. The second-order valence-corrected chi connectivity index (χ2v) is 4.15. The maximum Gasteiger partial charge on any atom is 0.225 e. The van der Waals surface area contributed by atoms with Crippen molar-refractivity contribution < 1.29 is 0 Å². The van der Waals surface area contributed by atoms with Gasteiger partial charge in [0.1, 0.15) is 0 Å². The highest BCUT2D eigenvalue weighted by atomic mass is 35.5. The molecule has 0 spiro atoms. The zero-order chi connectivity index (χ0) is 10.5. The largest absolute Gasteiger partial charge is 0.341 e. The first-order valence-electron chi connectivity index (χ1n) is 5.53. The van der Waals surface area contributed by atoms with E-state index in [1.54, 1.807) is 6.20 Å². The monoisotopic (exact) mass is 225 g/mol. The Balaban J connectivity index is 2.12. The van der Waals surface area contributed by atoms with E-state index in [1.807, 2.05) is 6.07 Å². The summed E-state index contributed by atoms with van der Waals surface area (Å²) in [6.07, 6.45) is 6.94. The molecule has 0 aliphatic carbocycles. The van der Waals surface area contributed by atoms with Crippen LogP contribution < -0.4 is 4.90 Å². The minimum Gasteiger partial charge on any atom is -0.341 e. The molecule has 1 saturated heterocycles. The Hall–Kier alpha value is -0.830. The highest BCUT2D eigenvalue weighted by Crippen LogP contribution is 2.15. The third kappa shape index (κ3) is 2.81. The fourth-order valence-electron chi connectivity index (χ4n) is 1.88. The molecule has 0 N–H and O–H groups in total. The average Bonchev–Trinajstić information content (AvgIpc) is 2.58. The van der Waals surface area contributed by atoms with Gasteiger partial charge in [0.2, 0.25) is 5.95 Å². The molecule has 4 heteroatoms. The molecular formula is C11H16ClN3. The Morgan fingerprint density at radius 1 is 1.20 bits per heavy atom. The van der Waals surface area contributed by atoms with E-state index in [-0.39, 0.29) is 0 Å². The number of aromatic nitrogens is 2. The summed E-state index contributed by atoms with van der Waals surface area (Å²) >= 11 is 5.76. The number of hydrogen-bond donors (Lipinski definition) is 0. The van der Waals surface area contributed by atoms with Crippen molar-refractivity contribution in [1.82, 2.24) is 9.97 Å². The molecule has 82 valence electrons. The van der Waals surface area contributed by atoms with Crippen molar-refractivity contribution in [1.29, 1.82) is 0 Å². The van der Waals surface area contributed by atoms with E-state index in [1.165, 1.54) is 25.7 Å². The minimum absolute atomic E-state index is 0.462. The molecule has 0 unspecified atom stereocenters. The summed E-state index contributed by atoms with van der Waals surface area (Å²) in [6, 6.07) is 1.87. The van der Waals surface area contributed by atoms with Crippen LogP contribution in [0.3, 0.4) is 0 Å². The molecule has 0 atom stereocenters. The predicted octanol–water partition coefficient (Wildman–Crippen LogP) is 2.60. The molecule has 0 amide bonds. The van der Waals surface area contributed by atoms with E-state index in [4.69, 9.17) is 11.6 Å². The zero-order valence-corrected chi connectivity index (χ0v) is 9.58. The summed E-state index contributed by atoms with van der Waals surface area (Å²) in [7, 11) is 0. The quantitative estimate of drug-likeness (QED) is 0.725. The van der Waals surface area contributed by atoms with Crippen LogP contribution in [0.1, 0.15) is 31.4 Å². The standard InChI is InChI=1S/C11H16ClN3/c12-9-10-5-6-13-11(14-10)15-7-3-1-2-4-8-15/h5-6H,1-4,7-9H2. The molecule has 1 aliphatic heterocycles. The maximum absolute atomic E-state index is 5.76. The fourth-order valence-corrected chi connectivity index (χ4v) is 2.03. The number of halogens is 1. The Kier molecular flexibility index (Phi) is 3.78. The number of hydrogen-bond acceptors (Lipinski definition) is 3. The second-order valence-electron chi connectivity index (χ2n) is 3.88. The van der Waals surface area contributed by atoms with E-state index in [0.717, 1.165) is 24.7 Å². The minimum atomic E-state index is 0.462. The third-order valence-electron chi connectivity index (χ3n) is 2.73. The summed E-state index contributed by atoms with van der Waals surface area (Å²) in [5, 5.41) is 0. The molecule has 1 aromatic rings. The Morgan fingerprint density at radius 2 is 1.93 bits per heavy atom. The number of anilines is 1. The van der Waals surface area contributed by atoms with E-state index in [0.29, 0.717) is 5.88 Å². The van der Waals surface area contributed by atoms with Crippen LogP contribution in [0.15, 0.2) is 12.3 Å². The molecule has 1 aromatic heterocycles. The molecule has 0 bridgehead atoms. The van der Waals surface area contributed by atoms with Crippen LogP contribution in [0.25, 0.3) is 0 Å². The van der Waals surface area contributed by atoms with Gasteiger partial charge in [-0.15, -0.1) is 11.6 Å². The van der Waals surface area contributed by atoms with Gasteiger partial charge in [-0.05, 0) is 18.9 Å². The first-order chi connectivity index (χ1) is 7.40. The van der Waals surface area contributed by atoms with Crippen molar-refractivity contribution in [3.8, 4) is 0 Å². The van der Waals surface area contributed by atoms with Gasteiger partial charge in [0.15, 0.2) is 0 Å². The van der Waals surface area contributed by atoms with Gasteiger partial charge in [-0.2, -0.15) is 0 Å². The number of rotatable bonds is 2. The van der Waals surface area contributed by atoms with Crippen molar-refractivity contribution >= 4 is 17.5 Å². The highest BCUT2D eigenvalue weighted by Gasteiger charge is 2.12. The molecule has 2 heterocycles. The Bertz CT molecular complexity index is 308. The van der Waals surface area contributed by atoms with Crippen LogP contribution in [0.5, 0.6) is 0 Å². The van der Waals surface area contributed by atoms with Gasteiger partial charge in [-0.25, -0.2) is 9.97 Å².